The molecule has 4 aromatic heterocycles. The van der Waals surface area contributed by atoms with Crippen LogP contribution in [-0.2, 0) is 10.3 Å². The molecule has 1 unspecified atom stereocenters. The van der Waals surface area contributed by atoms with Crippen LogP contribution in [0, 0.1) is 0 Å². The number of nitrogens with zero attached hydrogens (tertiary/aromatic N) is 8. The lowest BCUT2D eigenvalue weighted by atomic mass is 10.0. The Morgan fingerprint density at radius 3 is 2.64 bits per heavy atom. The average Bonchev–Trinajstić information content (AvgIpc) is 3.50. The number of nitrogens with one attached hydrogen (secondary N) is 1. The zero-order chi connectivity index (χ0) is 23.3. The summed E-state index contributed by atoms with van der Waals surface area (Å²) in [7, 11) is 1.14. The third-order valence-electron chi connectivity index (χ3n) is 5.16. The van der Waals surface area contributed by atoms with Gasteiger partial charge in [-0.05, 0) is 6.07 Å². The number of rotatable bonds is 4. The number of urea groups is 1. The Bertz CT molecular complexity index is 1360. The smallest absolute Gasteiger partial charge is 0.326 e. The molecule has 5 rings (SSSR count). The quantitative estimate of drug-likeness (QED) is 0.462. The SMILES string of the molecule is COC1(C(F)F)CN(C(=O)Nc2cnc(-n3nccn3)c(Cl)c2)c2cnc3cc(Cl)nn3c21. The second-order valence-electron chi connectivity index (χ2n) is 6.99. The van der Waals surface area contributed by atoms with Gasteiger partial charge >= 0.3 is 6.03 Å². The van der Waals surface area contributed by atoms with Crippen LogP contribution in [0.2, 0.25) is 10.2 Å². The van der Waals surface area contributed by atoms with Crippen molar-refractivity contribution in [2.45, 2.75) is 12.0 Å². The van der Waals surface area contributed by atoms with E-state index in [9.17, 15) is 13.6 Å². The number of anilines is 2. The summed E-state index contributed by atoms with van der Waals surface area (Å²) in [6, 6.07) is 2.13. The molecule has 2 amide bonds. The first kappa shape index (κ1) is 21.4. The summed E-state index contributed by atoms with van der Waals surface area (Å²) >= 11 is 12.2. The Balaban J connectivity index is 1.51. The molecular formula is C18H13Cl2F2N9O2. The molecule has 33 heavy (non-hydrogen) atoms. The highest BCUT2D eigenvalue weighted by molar-refractivity contribution is 6.32. The number of ether oxygens (including phenoxy) is 1. The fourth-order valence-corrected chi connectivity index (χ4v) is 4.07. The molecule has 11 nitrogen and oxygen atoms in total. The van der Waals surface area contributed by atoms with E-state index in [2.05, 4.69) is 30.6 Å². The van der Waals surface area contributed by atoms with Crippen LogP contribution in [0.1, 0.15) is 5.69 Å². The molecule has 5 heterocycles. The largest absolute Gasteiger partial charge is 0.364 e. The van der Waals surface area contributed by atoms with E-state index in [-0.39, 0.29) is 38.7 Å². The third-order valence-corrected chi connectivity index (χ3v) is 5.62. The summed E-state index contributed by atoms with van der Waals surface area (Å²) in [4.78, 5) is 23.7. The molecule has 1 aliphatic rings. The fraction of sp³-hybridized carbons (Fsp3) is 0.222. The fourth-order valence-electron chi connectivity index (χ4n) is 3.65. The summed E-state index contributed by atoms with van der Waals surface area (Å²) in [6.07, 6.45) is 2.57. The Labute approximate surface area is 193 Å². The number of hydrogen-bond donors (Lipinski definition) is 1. The van der Waals surface area contributed by atoms with E-state index in [0.29, 0.717) is 0 Å². The maximum absolute atomic E-state index is 14.3. The van der Waals surface area contributed by atoms with E-state index >= 15 is 0 Å². The number of aromatic nitrogens is 7. The molecule has 0 saturated heterocycles. The van der Waals surface area contributed by atoms with Crippen molar-refractivity contribution in [1.82, 2.24) is 34.6 Å². The molecule has 0 spiro atoms. The molecule has 0 aromatic carbocycles. The van der Waals surface area contributed by atoms with E-state index in [4.69, 9.17) is 27.9 Å². The van der Waals surface area contributed by atoms with Crippen molar-refractivity contribution in [2.75, 3.05) is 23.9 Å². The maximum atomic E-state index is 14.3. The minimum absolute atomic E-state index is 0.0386. The molecule has 15 heteroatoms. The number of alkyl halides is 2. The van der Waals surface area contributed by atoms with Crippen molar-refractivity contribution in [3.63, 3.8) is 0 Å². The second kappa shape index (κ2) is 7.86. The van der Waals surface area contributed by atoms with Gasteiger partial charge in [-0.3, -0.25) is 4.90 Å². The van der Waals surface area contributed by atoms with Crippen molar-refractivity contribution >= 4 is 46.3 Å². The summed E-state index contributed by atoms with van der Waals surface area (Å²) in [5, 5.41) is 14.8. The molecule has 0 saturated carbocycles. The van der Waals surface area contributed by atoms with Gasteiger partial charge in [0.05, 0.1) is 47.7 Å². The van der Waals surface area contributed by atoms with Gasteiger partial charge in [0.1, 0.15) is 5.69 Å². The highest BCUT2D eigenvalue weighted by Crippen LogP contribution is 2.45. The molecule has 0 aliphatic carbocycles. The predicted molar refractivity (Wildman–Crippen MR) is 113 cm³/mol. The highest BCUT2D eigenvalue weighted by atomic mass is 35.5. The summed E-state index contributed by atoms with van der Waals surface area (Å²) in [6.45, 7) is -0.489. The summed E-state index contributed by atoms with van der Waals surface area (Å²) in [5.74, 6) is 0.254. The molecule has 0 bridgehead atoms. The van der Waals surface area contributed by atoms with Crippen LogP contribution in [0.25, 0.3) is 11.5 Å². The lowest BCUT2D eigenvalue weighted by molar-refractivity contribution is -0.119. The predicted octanol–water partition coefficient (Wildman–Crippen LogP) is 3.17. The molecule has 1 N–H and O–H groups in total. The lowest BCUT2D eigenvalue weighted by Crippen LogP contribution is -2.45. The Hall–Kier alpha value is -3.42. The van der Waals surface area contributed by atoms with Crippen molar-refractivity contribution in [3.05, 3.63) is 52.8 Å². The number of hydrogen-bond acceptors (Lipinski definition) is 7. The number of halogens is 4. The summed E-state index contributed by atoms with van der Waals surface area (Å²) in [5.41, 5.74) is -1.62. The molecule has 0 fully saturated rings. The topological polar surface area (TPSA) is 115 Å². The average molecular weight is 496 g/mol. The molecular weight excluding hydrogens is 483 g/mol. The van der Waals surface area contributed by atoms with Crippen LogP contribution in [0.3, 0.4) is 0 Å². The van der Waals surface area contributed by atoms with Crippen LogP contribution >= 0.6 is 23.2 Å². The van der Waals surface area contributed by atoms with Crippen molar-refractivity contribution in [1.29, 1.82) is 0 Å². The first-order valence-corrected chi connectivity index (χ1v) is 10.1. The zero-order valence-electron chi connectivity index (χ0n) is 16.7. The number of carbonyl (C=O) groups excluding carboxylic acids is 1. The lowest BCUT2D eigenvalue weighted by Gasteiger charge is -2.27. The Morgan fingerprint density at radius 1 is 1.21 bits per heavy atom. The Morgan fingerprint density at radius 2 is 1.97 bits per heavy atom. The first-order valence-electron chi connectivity index (χ1n) is 9.33. The molecule has 4 aromatic rings. The van der Waals surface area contributed by atoms with Gasteiger partial charge in [0, 0.05) is 13.2 Å². The first-order chi connectivity index (χ1) is 15.8. The minimum Gasteiger partial charge on any atom is -0.364 e. The van der Waals surface area contributed by atoms with Crippen LogP contribution < -0.4 is 10.2 Å². The van der Waals surface area contributed by atoms with Gasteiger partial charge in [0.25, 0.3) is 6.43 Å². The minimum atomic E-state index is -2.98. The van der Waals surface area contributed by atoms with Crippen molar-refractivity contribution in [3.8, 4) is 5.82 Å². The zero-order valence-corrected chi connectivity index (χ0v) is 18.2. The standard InChI is InChI=1S/C18H13Cl2F2N9O2/c1-33-18(16(21)22)8-29(11-7-23-13-5-12(20)28-30(13)14(11)18)17(32)27-9-4-10(19)15(24-6-9)31-25-2-3-26-31/h2-7,16H,8H2,1H3,(H,27,32). The Kier molecular flexibility index (Phi) is 5.11. The number of pyridine rings is 1. The van der Waals surface area contributed by atoms with E-state index < -0.39 is 24.6 Å². The summed E-state index contributed by atoms with van der Waals surface area (Å²) < 4.78 is 35.0. The van der Waals surface area contributed by atoms with E-state index in [1.54, 1.807) is 0 Å². The highest BCUT2D eigenvalue weighted by Gasteiger charge is 2.54. The van der Waals surface area contributed by atoms with E-state index in [1.807, 2.05) is 0 Å². The van der Waals surface area contributed by atoms with Gasteiger partial charge in [-0.2, -0.15) is 15.3 Å². The third kappa shape index (κ3) is 3.35. The van der Waals surface area contributed by atoms with Gasteiger partial charge in [-0.15, -0.1) is 4.80 Å². The normalized spacial score (nSPS) is 17.7. The molecule has 1 aliphatic heterocycles. The van der Waals surface area contributed by atoms with Gasteiger partial charge in [0.15, 0.2) is 22.2 Å². The monoisotopic (exact) mass is 495 g/mol. The molecule has 1 atom stereocenters. The maximum Gasteiger partial charge on any atom is 0.326 e. The molecule has 170 valence electrons. The number of fused-ring (bicyclic) bond motifs is 3. The number of amides is 2. The van der Waals surface area contributed by atoms with Gasteiger partial charge in [-0.25, -0.2) is 28.1 Å². The van der Waals surface area contributed by atoms with Gasteiger partial charge in [-0.1, -0.05) is 23.2 Å². The number of carbonyl (C=O) groups is 1. The van der Waals surface area contributed by atoms with E-state index in [0.717, 1.165) is 16.5 Å². The second-order valence-corrected chi connectivity index (χ2v) is 7.78. The van der Waals surface area contributed by atoms with E-state index in [1.165, 1.54) is 41.7 Å². The van der Waals surface area contributed by atoms with Gasteiger partial charge in [0.2, 0.25) is 0 Å². The van der Waals surface area contributed by atoms with Crippen LogP contribution in [0.5, 0.6) is 0 Å². The van der Waals surface area contributed by atoms with Crippen LogP contribution in [0.4, 0.5) is 25.0 Å². The van der Waals surface area contributed by atoms with Gasteiger partial charge < -0.3 is 10.1 Å². The van der Waals surface area contributed by atoms with Crippen molar-refractivity contribution in [2.24, 2.45) is 0 Å². The molecule has 0 radical (unpaired) electrons. The van der Waals surface area contributed by atoms with Crippen molar-refractivity contribution < 1.29 is 18.3 Å². The van der Waals surface area contributed by atoms with Crippen LogP contribution in [0.15, 0.2) is 36.9 Å². The van der Waals surface area contributed by atoms with Crippen LogP contribution in [-0.4, -0.2) is 60.7 Å². The number of methoxy groups -OCH3 is 1.